The first-order valence-electron chi connectivity index (χ1n) is 13.1. The predicted octanol–water partition coefficient (Wildman–Crippen LogP) is 8.86. The van der Waals surface area contributed by atoms with Gasteiger partial charge < -0.3 is 5.11 Å². The minimum atomic E-state index is 0.184. The zero-order valence-electron chi connectivity index (χ0n) is 21.8. The minimum Gasteiger partial charge on any atom is -0.507 e. The molecule has 0 unspecified atom stereocenters. The van der Waals surface area contributed by atoms with Gasteiger partial charge in [-0.25, -0.2) is 4.98 Å². The van der Waals surface area contributed by atoms with E-state index in [1.54, 1.807) is 23.6 Å². The van der Waals surface area contributed by atoms with Crippen molar-refractivity contribution in [1.29, 1.82) is 0 Å². The standard InChI is InChI=1S/C34H23N3OS/c38-31-16-5-4-13-28(31)34-36-33-27(14-7-15-30(33)37(34)26-11-2-1-3-12-26)23-9-6-10-24(21-23)29-22-25(18-19-35-29)32-17-8-20-39-32/h1-22,38H/i18D. The molecule has 39 heavy (non-hydrogen) atoms. The lowest BCUT2D eigenvalue weighted by molar-refractivity contribution is 0.477. The Labute approximate surface area is 231 Å². The van der Waals surface area contributed by atoms with Crippen LogP contribution in [0, 0.1) is 0 Å². The molecular formula is C34H23N3OS. The Morgan fingerprint density at radius 2 is 1.51 bits per heavy atom. The Hall–Kier alpha value is -5.00. The third-order valence-corrected chi connectivity index (χ3v) is 7.71. The van der Waals surface area contributed by atoms with Crippen LogP contribution in [-0.4, -0.2) is 19.6 Å². The molecule has 1 N–H and O–H groups in total. The maximum Gasteiger partial charge on any atom is 0.149 e. The van der Waals surface area contributed by atoms with Gasteiger partial charge in [0.1, 0.15) is 11.6 Å². The molecular weight excluding hydrogens is 498 g/mol. The van der Waals surface area contributed by atoms with Crippen molar-refractivity contribution >= 4 is 22.4 Å². The van der Waals surface area contributed by atoms with E-state index in [0.717, 1.165) is 49.5 Å². The topological polar surface area (TPSA) is 50.9 Å². The van der Waals surface area contributed by atoms with Crippen molar-refractivity contribution in [1.82, 2.24) is 14.5 Å². The molecule has 186 valence electrons. The third kappa shape index (κ3) is 4.19. The van der Waals surface area contributed by atoms with Gasteiger partial charge >= 0.3 is 0 Å². The number of aromatic nitrogens is 3. The number of pyridine rings is 1. The summed E-state index contributed by atoms with van der Waals surface area (Å²) in [6.45, 7) is 0. The van der Waals surface area contributed by atoms with Gasteiger partial charge in [0.25, 0.3) is 0 Å². The number of benzene rings is 4. The van der Waals surface area contributed by atoms with Crippen molar-refractivity contribution < 1.29 is 6.48 Å². The first kappa shape index (κ1) is 22.0. The molecule has 0 aliphatic heterocycles. The quantitative estimate of drug-likeness (QED) is 0.246. The lowest BCUT2D eigenvalue weighted by Crippen LogP contribution is -1.97. The van der Waals surface area contributed by atoms with Crippen LogP contribution >= 0.6 is 11.3 Å². The number of aromatic hydroxyl groups is 1. The van der Waals surface area contributed by atoms with Crippen molar-refractivity contribution in [2.75, 3.05) is 0 Å². The first-order valence-corrected chi connectivity index (χ1v) is 13.5. The average molecular weight is 523 g/mol. The Bertz CT molecular complexity index is 1980. The van der Waals surface area contributed by atoms with Gasteiger partial charge in [-0.1, -0.05) is 66.7 Å². The molecule has 5 heteroatoms. The lowest BCUT2D eigenvalue weighted by atomic mass is 9.99. The molecule has 7 rings (SSSR count). The molecule has 0 fully saturated rings. The number of phenols is 1. The summed E-state index contributed by atoms with van der Waals surface area (Å²) in [4.78, 5) is 10.8. The molecule has 0 saturated carbocycles. The zero-order chi connectivity index (χ0) is 27.1. The molecule has 0 aliphatic rings. The summed E-state index contributed by atoms with van der Waals surface area (Å²) >= 11 is 1.62. The maximum absolute atomic E-state index is 10.7. The van der Waals surface area contributed by atoms with Crippen LogP contribution in [0.15, 0.2) is 133 Å². The fraction of sp³-hybridized carbons (Fsp3) is 0. The van der Waals surface area contributed by atoms with Gasteiger partial charge in [-0.15, -0.1) is 11.3 Å². The number of hydrogen-bond acceptors (Lipinski definition) is 4. The summed E-state index contributed by atoms with van der Waals surface area (Å²) in [5.41, 5.74) is 8.09. The summed E-state index contributed by atoms with van der Waals surface area (Å²) in [6, 6.07) is 38.3. The second-order valence-corrected chi connectivity index (χ2v) is 10.1. The van der Waals surface area contributed by atoms with Gasteiger partial charge in [0.2, 0.25) is 0 Å². The second kappa shape index (κ2) is 9.71. The van der Waals surface area contributed by atoms with Crippen LogP contribution in [0.3, 0.4) is 0 Å². The first-order chi connectivity index (χ1) is 19.7. The number of phenolic OH excluding ortho intramolecular Hbond substituents is 1. The highest BCUT2D eigenvalue weighted by atomic mass is 32.1. The van der Waals surface area contributed by atoms with Gasteiger partial charge in [0.05, 0.1) is 23.7 Å². The molecule has 0 atom stereocenters. The summed E-state index contributed by atoms with van der Waals surface area (Å²) in [5.74, 6) is 0.861. The summed E-state index contributed by atoms with van der Waals surface area (Å²) < 4.78 is 10.5. The average Bonchev–Trinajstić information content (AvgIpc) is 3.67. The van der Waals surface area contributed by atoms with E-state index >= 15 is 0 Å². The summed E-state index contributed by atoms with van der Waals surface area (Å²) in [6.07, 6.45) is 1.62. The van der Waals surface area contributed by atoms with E-state index in [1.165, 1.54) is 0 Å². The summed E-state index contributed by atoms with van der Waals surface area (Å²) in [7, 11) is 0. The second-order valence-electron chi connectivity index (χ2n) is 9.20. The van der Waals surface area contributed by atoms with Crippen LogP contribution in [0.5, 0.6) is 5.75 Å². The smallest absolute Gasteiger partial charge is 0.149 e. The lowest BCUT2D eigenvalue weighted by Gasteiger charge is -2.11. The largest absolute Gasteiger partial charge is 0.507 e. The van der Waals surface area contributed by atoms with E-state index in [4.69, 9.17) is 6.35 Å². The van der Waals surface area contributed by atoms with E-state index in [2.05, 4.69) is 33.8 Å². The van der Waals surface area contributed by atoms with Crippen molar-refractivity contribution in [3.63, 3.8) is 0 Å². The molecule has 0 saturated heterocycles. The maximum atomic E-state index is 10.7. The van der Waals surface area contributed by atoms with E-state index in [1.807, 2.05) is 90.3 Å². The monoisotopic (exact) mass is 522 g/mol. The van der Waals surface area contributed by atoms with Crippen LogP contribution < -0.4 is 0 Å². The van der Waals surface area contributed by atoms with E-state index < -0.39 is 0 Å². The summed E-state index contributed by atoms with van der Waals surface area (Å²) in [5, 5.41) is 12.8. The number of thiophene rings is 1. The van der Waals surface area contributed by atoms with Crippen LogP contribution in [0.2, 0.25) is 0 Å². The van der Waals surface area contributed by atoms with Gasteiger partial charge in [-0.2, -0.15) is 0 Å². The van der Waals surface area contributed by atoms with Crippen LogP contribution in [0.25, 0.3) is 60.9 Å². The molecule has 0 radical (unpaired) electrons. The Morgan fingerprint density at radius 1 is 0.718 bits per heavy atom. The van der Waals surface area contributed by atoms with Crippen LogP contribution in [0.4, 0.5) is 0 Å². The van der Waals surface area contributed by atoms with E-state index in [-0.39, 0.29) is 5.75 Å². The van der Waals surface area contributed by atoms with Crippen molar-refractivity contribution in [2.24, 2.45) is 0 Å². The highest BCUT2D eigenvalue weighted by Crippen LogP contribution is 2.38. The molecule has 7 aromatic rings. The van der Waals surface area contributed by atoms with E-state index in [9.17, 15) is 5.11 Å². The Balaban J connectivity index is 1.41. The van der Waals surface area contributed by atoms with Gasteiger partial charge in [-0.3, -0.25) is 9.55 Å². The van der Waals surface area contributed by atoms with Crippen molar-refractivity contribution in [2.45, 2.75) is 0 Å². The normalized spacial score (nSPS) is 11.5. The fourth-order valence-electron chi connectivity index (χ4n) is 4.98. The van der Waals surface area contributed by atoms with Crippen LogP contribution in [0.1, 0.15) is 1.37 Å². The minimum absolute atomic E-state index is 0.184. The van der Waals surface area contributed by atoms with Crippen molar-refractivity contribution in [3.8, 4) is 55.6 Å². The zero-order valence-corrected chi connectivity index (χ0v) is 21.6. The highest BCUT2D eigenvalue weighted by molar-refractivity contribution is 7.13. The number of imidazole rings is 1. The number of nitrogens with zero attached hydrogens (tertiary/aromatic N) is 3. The molecule has 3 aromatic heterocycles. The third-order valence-electron chi connectivity index (χ3n) is 6.81. The van der Waals surface area contributed by atoms with E-state index in [0.29, 0.717) is 17.4 Å². The molecule has 0 spiro atoms. The molecule has 4 nitrogen and oxygen atoms in total. The molecule has 4 aromatic carbocycles. The molecule has 3 heterocycles. The predicted molar refractivity (Wildman–Crippen MR) is 160 cm³/mol. The molecule has 0 aliphatic carbocycles. The number of fused-ring (bicyclic) bond motifs is 1. The number of para-hydroxylation sites is 3. The van der Waals surface area contributed by atoms with Gasteiger partial charge in [0.15, 0.2) is 0 Å². The molecule has 0 amide bonds. The highest BCUT2D eigenvalue weighted by Gasteiger charge is 2.19. The van der Waals surface area contributed by atoms with Gasteiger partial charge in [0, 0.05) is 27.9 Å². The van der Waals surface area contributed by atoms with Crippen molar-refractivity contribution in [3.05, 3.63) is 133 Å². The van der Waals surface area contributed by atoms with Crippen LogP contribution in [-0.2, 0) is 0 Å². The fourth-order valence-corrected chi connectivity index (χ4v) is 5.68. The Morgan fingerprint density at radius 3 is 2.36 bits per heavy atom. The number of hydrogen-bond donors (Lipinski definition) is 1. The number of rotatable bonds is 5. The SMILES string of the molecule is [2H]c1cnc(-c2cccc(-c3cccc4c3nc(-c3ccccc3O)n4-c3ccccc3)c2)cc1-c1cccs1. The van der Waals surface area contributed by atoms with Gasteiger partial charge in [-0.05, 0) is 71.1 Å². The molecule has 0 bridgehead atoms. The Kier molecular flexibility index (Phi) is 5.48.